The zero-order valence-corrected chi connectivity index (χ0v) is 11.4. The van der Waals surface area contributed by atoms with Crippen molar-refractivity contribution in [2.75, 3.05) is 6.61 Å². The van der Waals surface area contributed by atoms with Gasteiger partial charge in [-0.2, -0.15) is 0 Å². The summed E-state index contributed by atoms with van der Waals surface area (Å²) < 4.78 is 26.8. The third kappa shape index (κ3) is 3.33. The zero-order chi connectivity index (χ0) is 14.7. The van der Waals surface area contributed by atoms with Crippen LogP contribution in [0.2, 0.25) is 0 Å². The normalized spacial score (nSPS) is 22.4. The molecule has 0 aliphatic heterocycles. The van der Waals surface area contributed by atoms with Crippen LogP contribution in [0, 0.1) is 17.6 Å². The van der Waals surface area contributed by atoms with Gasteiger partial charge in [-0.05, 0) is 43.7 Å². The summed E-state index contributed by atoms with van der Waals surface area (Å²) in [5.41, 5.74) is 0.285. The van der Waals surface area contributed by atoms with E-state index in [4.69, 9.17) is 5.11 Å². The minimum absolute atomic E-state index is 0.0201. The van der Waals surface area contributed by atoms with Crippen molar-refractivity contribution in [3.8, 4) is 0 Å². The fourth-order valence-electron chi connectivity index (χ4n) is 2.45. The van der Waals surface area contributed by atoms with Crippen LogP contribution in [-0.4, -0.2) is 23.7 Å². The Bertz CT molecular complexity index is 493. The third-order valence-corrected chi connectivity index (χ3v) is 3.69. The molecule has 2 rings (SSSR count). The molecule has 0 aromatic heterocycles. The van der Waals surface area contributed by atoms with Crippen molar-refractivity contribution in [3.05, 3.63) is 35.4 Å². The predicted molar refractivity (Wildman–Crippen MR) is 71.1 cm³/mol. The second-order valence-electron chi connectivity index (χ2n) is 5.37. The molecule has 0 radical (unpaired) electrons. The lowest BCUT2D eigenvalue weighted by atomic mass is 10.1. The van der Waals surface area contributed by atoms with Gasteiger partial charge < -0.3 is 10.4 Å². The predicted octanol–water partition coefficient (Wildman–Crippen LogP) is 2.35. The Morgan fingerprint density at radius 3 is 2.95 bits per heavy atom. The van der Waals surface area contributed by atoms with Gasteiger partial charge in [0.2, 0.25) is 5.91 Å². The van der Waals surface area contributed by atoms with E-state index in [9.17, 15) is 13.6 Å². The average Bonchev–Trinajstić information content (AvgIpc) is 3.20. The number of rotatable bonds is 6. The van der Waals surface area contributed by atoms with E-state index >= 15 is 0 Å². The van der Waals surface area contributed by atoms with Crippen molar-refractivity contribution in [1.29, 1.82) is 0 Å². The minimum Gasteiger partial charge on any atom is -0.396 e. The molecule has 1 saturated carbocycles. The Hall–Kier alpha value is -1.49. The van der Waals surface area contributed by atoms with Gasteiger partial charge in [0.05, 0.1) is 0 Å². The average molecular weight is 283 g/mol. The Kier molecular flexibility index (Phi) is 4.70. The van der Waals surface area contributed by atoms with Crippen molar-refractivity contribution in [2.45, 2.75) is 38.1 Å². The lowest BCUT2D eigenvalue weighted by molar-refractivity contribution is -0.123. The summed E-state index contributed by atoms with van der Waals surface area (Å²) in [5, 5.41) is 11.6. The van der Waals surface area contributed by atoms with Gasteiger partial charge in [0.1, 0.15) is 0 Å². The number of benzene rings is 1. The van der Waals surface area contributed by atoms with Crippen LogP contribution in [0.25, 0.3) is 0 Å². The fraction of sp³-hybridized carbons (Fsp3) is 0.533. The summed E-state index contributed by atoms with van der Waals surface area (Å²) in [5.74, 6) is -2.34. The molecule has 3 nitrogen and oxygen atoms in total. The van der Waals surface area contributed by atoms with Crippen molar-refractivity contribution in [1.82, 2.24) is 5.32 Å². The number of amides is 1. The van der Waals surface area contributed by atoms with Gasteiger partial charge in [-0.25, -0.2) is 8.78 Å². The van der Waals surface area contributed by atoms with Gasteiger partial charge in [0, 0.05) is 18.6 Å². The van der Waals surface area contributed by atoms with Gasteiger partial charge in [-0.15, -0.1) is 0 Å². The molecule has 1 aliphatic carbocycles. The fourth-order valence-corrected chi connectivity index (χ4v) is 2.45. The highest BCUT2D eigenvalue weighted by Gasteiger charge is 2.45. The molecule has 0 heterocycles. The van der Waals surface area contributed by atoms with E-state index in [2.05, 4.69) is 5.32 Å². The highest BCUT2D eigenvalue weighted by Crippen LogP contribution is 2.48. The van der Waals surface area contributed by atoms with Crippen LogP contribution in [0.4, 0.5) is 8.78 Å². The molecule has 0 bridgehead atoms. The molecule has 1 amide bonds. The van der Waals surface area contributed by atoms with Crippen LogP contribution < -0.4 is 5.32 Å². The maximum absolute atomic E-state index is 13.6. The van der Waals surface area contributed by atoms with Gasteiger partial charge in [0.25, 0.3) is 0 Å². The van der Waals surface area contributed by atoms with Crippen LogP contribution in [0.3, 0.4) is 0 Å². The van der Waals surface area contributed by atoms with E-state index < -0.39 is 11.6 Å². The second-order valence-corrected chi connectivity index (χ2v) is 5.37. The third-order valence-electron chi connectivity index (χ3n) is 3.69. The highest BCUT2D eigenvalue weighted by molar-refractivity contribution is 5.83. The van der Waals surface area contributed by atoms with Gasteiger partial charge in [-0.3, -0.25) is 4.79 Å². The molecule has 3 atom stereocenters. The smallest absolute Gasteiger partial charge is 0.223 e. The van der Waals surface area contributed by atoms with E-state index in [1.165, 1.54) is 12.1 Å². The molecule has 0 spiro atoms. The van der Waals surface area contributed by atoms with Crippen molar-refractivity contribution in [2.24, 2.45) is 5.92 Å². The topological polar surface area (TPSA) is 49.3 Å². The molecular weight excluding hydrogens is 264 g/mol. The van der Waals surface area contributed by atoms with Crippen LogP contribution in [-0.2, 0) is 4.79 Å². The summed E-state index contributed by atoms with van der Waals surface area (Å²) >= 11 is 0. The van der Waals surface area contributed by atoms with E-state index in [1.807, 2.05) is 6.92 Å². The summed E-state index contributed by atoms with van der Waals surface area (Å²) in [6.07, 6.45) is 1.89. The van der Waals surface area contributed by atoms with Crippen molar-refractivity contribution < 1.29 is 18.7 Å². The lowest BCUT2D eigenvalue weighted by Crippen LogP contribution is -2.34. The molecule has 110 valence electrons. The largest absolute Gasteiger partial charge is 0.396 e. The lowest BCUT2D eigenvalue weighted by Gasteiger charge is -2.13. The first-order valence-electron chi connectivity index (χ1n) is 6.89. The SMILES string of the molecule is CC(CCCO)NC(=O)C1CC1c1cccc(F)c1F. The number of halogens is 2. The number of hydrogen-bond donors (Lipinski definition) is 2. The molecule has 1 aromatic rings. The maximum atomic E-state index is 13.6. The van der Waals surface area contributed by atoms with Crippen molar-refractivity contribution >= 4 is 5.91 Å². The zero-order valence-electron chi connectivity index (χ0n) is 11.4. The van der Waals surface area contributed by atoms with Crippen LogP contribution >= 0.6 is 0 Å². The molecule has 2 N–H and O–H groups in total. The molecule has 0 saturated heterocycles. The first kappa shape index (κ1) is 14.9. The van der Waals surface area contributed by atoms with E-state index in [0.29, 0.717) is 19.3 Å². The van der Waals surface area contributed by atoms with E-state index in [-0.39, 0.29) is 36.0 Å². The molecule has 1 aromatic carbocycles. The molecule has 3 unspecified atom stereocenters. The Morgan fingerprint density at radius 2 is 2.25 bits per heavy atom. The molecule has 20 heavy (non-hydrogen) atoms. The second kappa shape index (κ2) is 6.31. The number of nitrogens with one attached hydrogen (secondary N) is 1. The molecule has 1 fully saturated rings. The van der Waals surface area contributed by atoms with Crippen LogP contribution in [0.5, 0.6) is 0 Å². The van der Waals surface area contributed by atoms with Gasteiger partial charge in [0.15, 0.2) is 11.6 Å². The summed E-state index contributed by atoms with van der Waals surface area (Å²) in [4.78, 5) is 12.0. The summed E-state index contributed by atoms with van der Waals surface area (Å²) in [6.45, 7) is 1.97. The first-order valence-corrected chi connectivity index (χ1v) is 6.89. The number of carbonyl (C=O) groups is 1. The Morgan fingerprint density at radius 1 is 1.50 bits per heavy atom. The van der Waals surface area contributed by atoms with Crippen molar-refractivity contribution in [3.63, 3.8) is 0 Å². The number of aliphatic hydroxyl groups excluding tert-OH is 1. The molecule has 5 heteroatoms. The maximum Gasteiger partial charge on any atom is 0.223 e. The Balaban J connectivity index is 1.91. The number of aliphatic hydroxyl groups is 1. The summed E-state index contributed by atoms with van der Waals surface area (Å²) in [7, 11) is 0. The number of carbonyl (C=O) groups excluding carboxylic acids is 1. The minimum atomic E-state index is -0.870. The molecular formula is C15H19F2NO2. The Labute approximate surface area is 117 Å². The number of hydrogen-bond acceptors (Lipinski definition) is 2. The van der Waals surface area contributed by atoms with Gasteiger partial charge >= 0.3 is 0 Å². The highest BCUT2D eigenvalue weighted by atomic mass is 19.2. The monoisotopic (exact) mass is 283 g/mol. The summed E-state index contributed by atoms with van der Waals surface area (Å²) in [6, 6.07) is 4.05. The first-order chi connectivity index (χ1) is 9.54. The van der Waals surface area contributed by atoms with Gasteiger partial charge in [-0.1, -0.05) is 12.1 Å². The van der Waals surface area contributed by atoms with E-state index in [1.54, 1.807) is 0 Å². The van der Waals surface area contributed by atoms with E-state index in [0.717, 1.165) is 6.07 Å². The van der Waals surface area contributed by atoms with Crippen LogP contribution in [0.15, 0.2) is 18.2 Å². The quantitative estimate of drug-likeness (QED) is 0.842. The molecule has 1 aliphatic rings. The van der Waals surface area contributed by atoms with Crippen LogP contribution in [0.1, 0.15) is 37.7 Å². The standard InChI is InChI=1S/C15H19F2NO2/c1-9(4-3-7-19)18-15(20)12-8-11(12)10-5-2-6-13(16)14(10)17/h2,5-6,9,11-12,19H,3-4,7-8H2,1H3,(H,18,20).